The number of hydrogen-bond donors (Lipinski definition) is 2. The van der Waals surface area contributed by atoms with E-state index < -0.39 is 0 Å². The maximum Gasteiger partial charge on any atom is 0.225 e. The molecule has 0 amide bonds. The molecule has 1 heterocycles. The molecule has 1 aromatic heterocycles. The summed E-state index contributed by atoms with van der Waals surface area (Å²) in [7, 11) is 0. The molecule has 0 aliphatic carbocycles. The predicted octanol–water partition coefficient (Wildman–Crippen LogP) is 2.70. The Morgan fingerprint density at radius 2 is 1.76 bits per heavy atom. The first-order valence-electron chi connectivity index (χ1n) is 6.55. The van der Waals surface area contributed by atoms with Crippen molar-refractivity contribution in [3.63, 3.8) is 0 Å². The van der Waals surface area contributed by atoms with E-state index >= 15 is 0 Å². The van der Waals surface area contributed by atoms with Crippen LogP contribution in [0.4, 0.5) is 11.9 Å². The Morgan fingerprint density at radius 3 is 2.33 bits per heavy atom. The Bertz CT molecular complexity index is 640. The average molecular weight is 308 g/mol. The fraction of sp³-hybridized carbons (Fsp3) is 0.357. The number of nitrogen functional groups attached to an aromatic ring is 2. The molecule has 21 heavy (non-hydrogen) atoms. The quantitative estimate of drug-likeness (QED) is 0.900. The average Bonchev–Trinajstić information content (AvgIpc) is 2.36. The van der Waals surface area contributed by atoms with E-state index in [1.54, 1.807) is 0 Å². The third-order valence-corrected chi connectivity index (χ3v) is 3.32. The van der Waals surface area contributed by atoms with Gasteiger partial charge in [-0.2, -0.15) is 15.0 Å². The van der Waals surface area contributed by atoms with Crippen molar-refractivity contribution in [3.05, 3.63) is 34.1 Å². The summed E-state index contributed by atoms with van der Waals surface area (Å²) in [6.45, 7) is 6.25. The molecule has 7 heteroatoms. The molecule has 0 aliphatic rings. The van der Waals surface area contributed by atoms with Crippen molar-refractivity contribution < 1.29 is 4.74 Å². The van der Waals surface area contributed by atoms with E-state index in [1.807, 2.05) is 19.1 Å². The Kier molecular flexibility index (Phi) is 4.47. The van der Waals surface area contributed by atoms with Gasteiger partial charge in [0.2, 0.25) is 11.9 Å². The minimum absolute atomic E-state index is 0.0804. The number of rotatable bonds is 4. The maximum atomic E-state index is 6.23. The molecule has 4 N–H and O–H groups in total. The van der Waals surface area contributed by atoms with Gasteiger partial charge in [0.05, 0.1) is 0 Å². The zero-order valence-corrected chi connectivity index (χ0v) is 13.0. The number of halogens is 1. The fourth-order valence-electron chi connectivity index (χ4n) is 1.93. The molecule has 0 spiro atoms. The first kappa shape index (κ1) is 15.3. The van der Waals surface area contributed by atoms with E-state index in [4.69, 9.17) is 27.8 Å². The molecule has 0 bridgehead atoms. The summed E-state index contributed by atoms with van der Waals surface area (Å²) in [4.78, 5) is 11.7. The van der Waals surface area contributed by atoms with Gasteiger partial charge >= 0.3 is 0 Å². The second kappa shape index (κ2) is 6.13. The molecule has 6 nitrogen and oxygen atoms in total. The summed E-state index contributed by atoms with van der Waals surface area (Å²) in [5.41, 5.74) is 13.0. The molecular weight excluding hydrogens is 290 g/mol. The largest absolute Gasteiger partial charge is 0.485 e. The van der Waals surface area contributed by atoms with Gasteiger partial charge in [-0.05, 0) is 36.1 Å². The molecule has 0 saturated carbocycles. The summed E-state index contributed by atoms with van der Waals surface area (Å²) in [5.74, 6) is 1.60. The van der Waals surface area contributed by atoms with E-state index in [1.165, 1.54) is 0 Å². The number of hydrogen-bond acceptors (Lipinski definition) is 6. The van der Waals surface area contributed by atoms with Gasteiger partial charge in [-0.15, -0.1) is 0 Å². The highest BCUT2D eigenvalue weighted by molar-refractivity contribution is 6.31. The van der Waals surface area contributed by atoms with Crippen LogP contribution in [0.2, 0.25) is 5.02 Å². The van der Waals surface area contributed by atoms with Gasteiger partial charge in [-0.1, -0.05) is 25.4 Å². The number of anilines is 2. The van der Waals surface area contributed by atoms with Crippen molar-refractivity contribution >= 4 is 23.5 Å². The minimum atomic E-state index is 0.0804. The maximum absolute atomic E-state index is 6.23. The van der Waals surface area contributed by atoms with E-state index in [-0.39, 0.29) is 18.5 Å². The Balaban J connectivity index is 2.21. The summed E-state index contributed by atoms with van der Waals surface area (Å²) in [5, 5.41) is 0.739. The molecule has 1 aromatic carbocycles. The van der Waals surface area contributed by atoms with Gasteiger partial charge in [0.15, 0.2) is 5.82 Å². The smallest absolute Gasteiger partial charge is 0.225 e. The predicted molar refractivity (Wildman–Crippen MR) is 83.3 cm³/mol. The molecule has 112 valence electrons. The van der Waals surface area contributed by atoms with E-state index in [0.717, 1.165) is 21.9 Å². The van der Waals surface area contributed by atoms with Gasteiger partial charge in [-0.25, -0.2) is 0 Å². The number of aromatic nitrogens is 3. The van der Waals surface area contributed by atoms with Gasteiger partial charge in [0.25, 0.3) is 0 Å². The van der Waals surface area contributed by atoms with Crippen LogP contribution in [0.5, 0.6) is 5.75 Å². The molecule has 0 atom stereocenters. The van der Waals surface area contributed by atoms with Gasteiger partial charge in [-0.3, -0.25) is 0 Å². The van der Waals surface area contributed by atoms with Crippen LogP contribution >= 0.6 is 11.6 Å². The lowest BCUT2D eigenvalue weighted by Crippen LogP contribution is -2.09. The van der Waals surface area contributed by atoms with E-state index in [0.29, 0.717) is 11.7 Å². The van der Waals surface area contributed by atoms with Crippen molar-refractivity contribution in [2.75, 3.05) is 11.5 Å². The minimum Gasteiger partial charge on any atom is -0.485 e. The van der Waals surface area contributed by atoms with Crippen molar-refractivity contribution in [3.8, 4) is 5.75 Å². The molecule has 0 aliphatic heterocycles. The van der Waals surface area contributed by atoms with Crippen molar-refractivity contribution in [2.45, 2.75) is 33.3 Å². The van der Waals surface area contributed by atoms with Gasteiger partial charge < -0.3 is 16.2 Å². The fourth-order valence-corrected chi connectivity index (χ4v) is 2.37. The summed E-state index contributed by atoms with van der Waals surface area (Å²) < 4.78 is 5.76. The standard InChI is InChI=1S/C14H18ClN5O/c1-7(2)9-5-11(8(3)4-10(9)15)21-6-12-18-13(16)20-14(17)19-12/h4-5,7H,6H2,1-3H3,(H4,16,17,18,19,20). The van der Waals surface area contributed by atoms with Crippen LogP contribution in [0, 0.1) is 6.92 Å². The number of nitrogens with zero attached hydrogens (tertiary/aromatic N) is 3. The van der Waals surface area contributed by atoms with Gasteiger partial charge in [0, 0.05) is 5.02 Å². The van der Waals surface area contributed by atoms with Crippen LogP contribution in [0.25, 0.3) is 0 Å². The second-order valence-electron chi connectivity index (χ2n) is 5.05. The number of ether oxygens (including phenoxy) is 1. The summed E-state index contributed by atoms with van der Waals surface area (Å²) in [6, 6.07) is 3.83. The van der Waals surface area contributed by atoms with Crippen LogP contribution in [-0.4, -0.2) is 15.0 Å². The second-order valence-corrected chi connectivity index (χ2v) is 5.46. The first-order valence-corrected chi connectivity index (χ1v) is 6.93. The topological polar surface area (TPSA) is 99.9 Å². The van der Waals surface area contributed by atoms with E-state index in [2.05, 4.69) is 28.8 Å². The zero-order chi connectivity index (χ0) is 15.6. The number of nitrogens with two attached hydrogens (primary N) is 2. The molecule has 2 aromatic rings. The normalized spacial score (nSPS) is 10.9. The lowest BCUT2D eigenvalue weighted by Gasteiger charge is -2.14. The number of benzene rings is 1. The SMILES string of the molecule is Cc1cc(Cl)c(C(C)C)cc1OCc1nc(N)nc(N)n1. The van der Waals surface area contributed by atoms with Crippen molar-refractivity contribution in [1.82, 2.24) is 15.0 Å². The van der Waals surface area contributed by atoms with Gasteiger partial charge in [0.1, 0.15) is 12.4 Å². The van der Waals surface area contributed by atoms with Crippen LogP contribution in [0.15, 0.2) is 12.1 Å². The molecule has 0 saturated heterocycles. The van der Waals surface area contributed by atoms with Crippen LogP contribution in [-0.2, 0) is 6.61 Å². The Labute approximate surface area is 128 Å². The third kappa shape index (κ3) is 3.72. The molecular formula is C14H18ClN5O. The third-order valence-electron chi connectivity index (χ3n) is 2.99. The molecule has 0 fully saturated rings. The number of aryl methyl sites for hydroxylation is 1. The van der Waals surface area contributed by atoms with Crippen LogP contribution in [0.3, 0.4) is 0 Å². The van der Waals surface area contributed by atoms with Crippen molar-refractivity contribution in [2.24, 2.45) is 0 Å². The monoisotopic (exact) mass is 307 g/mol. The first-order chi connectivity index (χ1) is 9.86. The molecule has 0 unspecified atom stereocenters. The van der Waals surface area contributed by atoms with Crippen LogP contribution < -0.4 is 16.2 Å². The highest BCUT2D eigenvalue weighted by Gasteiger charge is 2.11. The van der Waals surface area contributed by atoms with Crippen LogP contribution in [0.1, 0.15) is 36.7 Å². The highest BCUT2D eigenvalue weighted by atomic mass is 35.5. The summed E-state index contributed by atoms with van der Waals surface area (Å²) >= 11 is 6.23. The zero-order valence-electron chi connectivity index (χ0n) is 12.2. The lowest BCUT2D eigenvalue weighted by atomic mass is 10.0. The Morgan fingerprint density at radius 1 is 1.14 bits per heavy atom. The lowest BCUT2D eigenvalue weighted by molar-refractivity contribution is 0.293. The Hall–Kier alpha value is -2.08. The van der Waals surface area contributed by atoms with E-state index in [9.17, 15) is 0 Å². The highest BCUT2D eigenvalue weighted by Crippen LogP contribution is 2.31. The van der Waals surface area contributed by atoms with Crippen molar-refractivity contribution in [1.29, 1.82) is 0 Å². The molecule has 2 rings (SSSR count). The summed E-state index contributed by atoms with van der Waals surface area (Å²) in [6.07, 6.45) is 0. The molecule has 0 radical (unpaired) electrons.